The molecule has 0 amide bonds. The van der Waals surface area contributed by atoms with Crippen LogP contribution in [0.5, 0.6) is 5.75 Å². The highest BCUT2D eigenvalue weighted by Crippen LogP contribution is 2.36. The Morgan fingerprint density at radius 3 is 3.00 bits per heavy atom. The zero-order valence-electron chi connectivity index (χ0n) is 11.4. The molecule has 0 bridgehead atoms. The third-order valence-corrected chi connectivity index (χ3v) is 4.22. The molecule has 2 aliphatic rings. The monoisotopic (exact) mass is 245 g/mol. The number of nitrogens with one attached hydrogen (secondary N) is 1. The third-order valence-electron chi connectivity index (χ3n) is 4.22. The van der Waals surface area contributed by atoms with Crippen LogP contribution < -0.4 is 10.1 Å². The van der Waals surface area contributed by atoms with Crippen molar-refractivity contribution in [3.63, 3.8) is 0 Å². The molecule has 98 valence electrons. The van der Waals surface area contributed by atoms with Crippen LogP contribution in [0.4, 0.5) is 0 Å². The minimum Gasteiger partial charge on any atom is -0.488 e. The molecular weight excluding hydrogens is 222 g/mol. The van der Waals surface area contributed by atoms with E-state index in [1.54, 1.807) is 0 Å². The van der Waals surface area contributed by atoms with Crippen LogP contribution in [0.15, 0.2) is 18.2 Å². The van der Waals surface area contributed by atoms with Crippen molar-refractivity contribution in [3.8, 4) is 5.75 Å². The van der Waals surface area contributed by atoms with Gasteiger partial charge in [-0.2, -0.15) is 0 Å². The predicted octanol–water partition coefficient (Wildman–Crippen LogP) is 2.93. The summed E-state index contributed by atoms with van der Waals surface area (Å²) in [5.74, 6) is 2.90. The maximum absolute atomic E-state index is 5.96. The molecule has 3 rings (SSSR count). The molecule has 2 heteroatoms. The maximum atomic E-state index is 5.96. The Labute approximate surface area is 110 Å². The van der Waals surface area contributed by atoms with E-state index in [0.29, 0.717) is 6.10 Å². The summed E-state index contributed by atoms with van der Waals surface area (Å²) in [7, 11) is 0. The molecule has 2 atom stereocenters. The van der Waals surface area contributed by atoms with Gasteiger partial charge < -0.3 is 10.1 Å². The largest absolute Gasteiger partial charge is 0.488 e. The molecular formula is C16H23NO. The molecule has 18 heavy (non-hydrogen) atoms. The first-order valence-electron chi connectivity index (χ1n) is 7.19. The SMILES string of the molecule is Cc1ccc2c(c1)CC(CNCC(C)C1CC1)O2. The van der Waals surface area contributed by atoms with E-state index in [2.05, 4.69) is 37.4 Å². The standard InChI is InChI=1S/C16H23NO/c1-11-3-6-16-14(7-11)8-15(18-16)10-17-9-12(2)13-4-5-13/h3,6-7,12-13,15,17H,4-5,8-10H2,1-2H3. The summed E-state index contributed by atoms with van der Waals surface area (Å²) < 4.78 is 5.96. The summed E-state index contributed by atoms with van der Waals surface area (Å²) in [6, 6.07) is 6.49. The van der Waals surface area contributed by atoms with Crippen molar-refractivity contribution >= 4 is 0 Å². The van der Waals surface area contributed by atoms with Crippen molar-refractivity contribution < 1.29 is 4.74 Å². The Balaban J connectivity index is 1.45. The normalized spacial score (nSPS) is 23.6. The summed E-state index contributed by atoms with van der Waals surface area (Å²) in [5, 5.41) is 3.57. The Hall–Kier alpha value is -1.02. The van der Waals surface area contributed by atoms with Crippen LogP contribution >= 0.6 is 0 Å². The topological polar surface area (TPSA) is 21.3 Å². The van der Waals surface area contributed by atoms with Crippen molar-refractivity contribution in [2.75, 3.05) is 13.1 Å². The third kappa shape index (κ3) is 2.69. The lowest BCUT2D eigenvalue weighted by Gasteiger charge is -2.15. The molecule has 1 N–H and O–H groups in total. The van der Waals surface area contributed by atoms with E-state index in [0.717, 1.165) is 37.1 Å². The fraction of sp³-hybridized carbons (Fsp3) is 0.625. The summed E-state index contributed by atoms with van der Waals surface area (Å²) >= 11 is 0. The summed E-state index contributed by atoms with van der Waals surface area (Å²) in [6.07, 6.45) is 4.26. The quantitative estimate of drug-likeness (QED) is 0.861. The lowest BCUT2D eigenvalue weighted by atomic mass is 10.1. The first kappa shape index (κ1) is 12.0. The molecule has 1 fully saturated rings. The van der Waals surface area contributed by atoms with Gasteiger partial charge in [0, 0.05) is 13.0 Å². The molecule has 1 heterocycles. The average Bonchev–Trinajstić information content (AvgIpc) is 3.11. The number of rotatable bonds is 5. The van der Waals surface area contributed by atoms with E-state index in [9.17, 15) is 0 Å². The van der Waals surface area contributed by atoms with Gasteiger partial charge >= 0.3 is 0 Å². The summed E-state index contributed by atoms with van der Waals surface area (Å²) in [4.78, 5) is 0. The Morgan fingerprint density at radius 2 is 2.22 bits per heavy atom. The molecule has 1 aromatic rings. The van der Waals surface area contributed by atoms with Gasteiger partial charge in [0.25, 0.3) is 0 Å². The molecule has 0 aromatic heterocycles. The highest BCUT2D eigenvalue weighted by atomic mass is 16.5. The van der Waals surface area contributed by atoms with Crippen LogP contribution in [0.3, 0.4) is 0 Å². The number of fused-ring (bicyclic) bond motifs is 1. The van der Waals surface area contributed by atoms with Gasteiger partial charge in [-0.15, -0.1) is 0 Å². The van der Waals surface area contributed by atoms with E-state index in [-0.39, 0.29) is 0 Å². The Morgan fingerprint density at radius 1 is 1.39 bits per heavy atom. The van der Waals surface area contributed by atoms with E-state index in [4.69, 9.17) is 4.74 Å². The van der Waals surface area contributed by atoms with Gasteiger partial charge in [-0.1, -0.05) is 24.6 Å². The van der Waals surface area contributed by atoms with Gasteiger partial charge in [-0.25, -0.2) is 0 Å². The van der Waals surface area contributed by atoms with Crippen LogP contribution in [0.1, 0.15) is 30.9 Å². The van der Waals surface area contributed by atoms with Gasteiger partial charge in [0.2, 0.25) is 0 Å². The molecule has 1 saturated carbocycles. The minimum absolute atomic E-state index is 0.327. The first-order chi connectivity index (χ1) is 8.72. The van der Waals surface area contributed by atoms with Crippen LogP contribution in [0.2, 0.25) is 0 Å². The van der Waals surface area contributed by atoms with Gasteiger partial charge in [0.15, 0.2) is 0 Å². The van der Waals surface area contributed by atoms with E-state index >= 15 is 0 Å². The summed E-state index contributed by atoms with van der Waals surface area (Å²) in [6.45, 7) is 6.62. The number of ether oxygens (including phenoxy) is 1. The molecule has 1 aromatic carbocycles. The van der Waals surface area contributed by atoms with Gasteiger partial charge in [0.05, 0.1) is 0 Å². The second-order valence-corrected chi connectivity index (χ2v) is 6.03. The number of aryl methyl sites for hydroxylation is 1. The average molecular weight is 245 g/mol. The van der Waals surface area contributed by atoms with E-state index < -0.39 is 0 Å². The van der Waals surface area contributed by atoms with Gasteiger partial charge in [0.1, 0.15) is 11.9 Å². The van der Waals surface area contributed by atoms with Crippen LogP contribution in [-0.2, 0) is 6.42 Å². The highest BCUT2D eigenvalue weighted by molar-refractivity contribution is 5.40. The lowest BCUT2D eigenvalue weighted by molar-refractivity contribution is 0.224. The number of hydrogen-bond acceptors (Lipinski definition) is 2. The number of hydrogen-bond donors (Lipinski definition) is 1. The summed E-state index contributed by atoms with van der Waals surface area (Å²) in [5.41, 5.74) is 2.70. The fourth-order valence-corrected chi connectivity index (χ4v) is 2.87. The van der Waals surface area contributed by atoms with Crippen LogP contribution in [0.25, 0.3) is 0 Å². The molecule has 2 unspecified atom stereocenters. The first-order valence-corrected chi connectivity index (χ1v) is 7.19. The molecule has 1 aliphatic heterocycles. The zero-order valence-corrected chi connectivity index (χ0v) is 11.4. The molecule has 0 saturated heterocycles. The molecule has 2 nitrogen and oxygen atoms in total. The molecule has 0 spiro atoms. The molecule has 1 aliphatic carbocycles. The fourth-order valence-electron chi connectivity index (χ4n) is 2.87. The maximum Gasteiger partial charge on any atom is 0.123 e. The van der Waals surface area contributed by atoms with Gasteiger partial charge in [-0.3, -0.25) is 0 Å². The van der Waals surface area contributed by atoms with Crippen LogP contribution in [0, 0.1) is 18.8 Å². The predicted molar refractivity (Wildman–Crippen MR) is 74.1 cm³/mol. The zero-order chi connectivity index (χ0) is 12.5. The van der Waals surface area contributed by atoms with E-state index in [1.165, 1.54) is 24.0 Å². The second kappa shape index (κ2) is 4.93. The lowest BCUT2D eigenvalue weighted by Crippen LogP contribution is -2.33. The van der Waals surface area contributed by atoms with Crippen molar-refractivity contribution in [1.29, 1.82) is 0 Å². The molecule has 0 radical (unpaired) electrons. The van der Waals surface area contributed by atoms with Crippen molar-refractivity contribution in [2.45, 2.75) is 39.2 Å². The minimum atomic E-state index is 0.327. The van der Waals surface area contributed by atoms with Crippen molar-refractivity contribution in [2.24, 2.45) is 11.8 Å². The highest BCUT2D eigenvalue weighted by Gasteiger charge is 2.28. The van der Waals surface area contributed by atoms with E-state index in [1.807, 2.05) is 0 Å². The second-order valence-electron chi connectivity index (χ2n) is 6.03. The Bertz CT molecular complexity index is 425. The van der Waals surface area contributed by atoms with Gasteiger partial charge in [-0.05, 0) is 49.8 Å². The van der Waals surface area contributed by atoms with Crippen molar-refractivity contribution in [3.05, 3.63) is 29.3 Å². The van der Waals surface area contributed by atoms with Crippen LogP contribution in [-0.4, -0.2) is 19.2 Å². The smallest absolute Gasteiger partial charge is 0.123 e. The Kier molecular flexibility index (Phi) is 3.29. The number of benzene rings is 1. The van der Waals surface area contributed by atoms with Crippen molar-refractivity contribution in [1.82, 2.24) is 5.32 Å².